The molecule has 2 heterocycles. The molecule has 3 aromatic carbocycles. The molecule has 0 fully saturated rings. The van der Waals surface area contributed by atoms with Gasteiger partial charge < -0.3 is 19.1 Å². The monoisotopic (exact) mass is 608 g/mol. The van der Waals surface area contributed by atoms with Gasteiger partial charge in [0, 0.05) is 30.8 Å². The van der Waals surface area contributed by atoms with E-state index in [-0.39, 0.29) is 59.1 Å². The number of ether oxygens (including phenoxy) is 2. The van der Waals surface area contributed by atoms with Crippen molar-refractivity contribution in [1.82, 2.24) is 14.5 Å². The van der Waals surface area contributed by atoms with Crippen LogP contribution in [0, 0.1) is 28.8 Å². The third-order valence-corrected chi connectivity index (χ3v) is 6.75. The Hall–Kier alpha value is -5.35. The molecule has 1 N–H and O–H groups in total. The number of carbonyl (C=O) groups is 1. The number of aromatic nitrogens is 3. The standard InChI is InChI=1S/C31H21F5N4O4/c1-43-10-9-40-27-12-18(29(41)42)7-8-26(27)39-30(40)31(35,36)21-14-23(33)20(13-24(21)34)25-3-2-4-28(38-25)44-16-19-6-5-17(15-37)11-22(19)32/h2-8,11-14H,9-10,16H2,1H3,(H,41,42). The second kappa shape index (κ2) is 12.1. The lowest BCUT2D eigenvalue weighted by molar-refractivity contribution is 0.0242. The Labute approximate surface area is 246 Å². The van der Waals surface area contributed by atoms with E-state index in [4.69, 9.17) is 14.7 Å². The summed E-state index contributed by atoms with van der Waals surface area (Å²) in [7, 11) is 1.34. The number of halogens is 5. The summed E-state index contributed by atoms with van der Waals surface area (Å²) < 4.78 is 88.3. The molecule has 0 bridgehead atoms. The summed E-state index contributed by atoms with van der Waals surface area (Å²) in [6.45, 7) is -0.510. The fraction of sp³-hybridized carbons (Fsp3) is 0.161. The van der Waals surface area contributed by atoms with Crippen LogP contribution >= 0.6 is 0 Å². The number of nitriles is 1. The fourth-order valence-electron chi connectivity index (χ4n) is 4.54. The average Bonchev–Trinajstić information content (AvgIpc) is 3.39. The van der Waals surface area contributed by atoms with E-state index < -0.39 is 46.3 Å². The van der Waals surface area contributed by atoms with Gasteiger partial charge in [-0.1, -0.05) is 12.1 Å². The number of hydrogen-bond acceptors (Lipinski definition) is 6. The first-order valence-electron chi connectivity index (χ1n) is 12.9. The van der Waals surface area contributed by atoms with Crippen molar-refractivity contribution in [2.75, 3.05) is 13.7 Å². The van der Waals surface area contributed by atoms with Crippen LogP contribution in [0.15, 0.2) is 66.7 Å². The summed E-state index contributed by atoms with van der Waals surface area (Å²) in [5.41, 5.74) is -1.72. The highest BCUT2D eigenvalue weighted by molar-refractivity contribution is 5.92. The van der Waals surface area contributed by atoms with Gasteiger partial charge in [-0.15, -0.1) is 0 Å². The Kier molecular flexibility index (Phi) is 8.28. The van der Waals surface area contributed by atoms with Gasteiger partial charge in [-0.25, -0.2) is 27.9 Å². The van der Waals surface area contributed by atoms with Crippen molar-refractivity contribution in [3.05, 3.63) is 112 Å². The van der Waals surface area contributed by atoms with E-state index in [1.54, 1.807) is 0 Å². The highest BCUT2D eigenvalue weighted by atomic mass is 19.3. The Balaban J connectivity index is 1.48. The molecule has 5 aromatic rings. The number of imidazole rings is 1. The molecule has 2 aromatic heterocycles. The molecule has 0 saturated carbocycles. The number of hydrogen-bond donors (Lipinski definition) is 1. The number of fused-ring (bicyclic) bond motifs is 1. The summed E-state index contributed by atoms with van der Waals surface area (Å²) in [6, 6.07) is 14.3. The summed E-state index contributed by atoms with van der Waals surface area (Å²) in [5, 5.41) is 18.2. The molecule has 0 atom stereocenters. The SMILES string of the molecule is COCCn1c(C(F)(F)c2cc(F)c(-c3cccc(OCc4ccc(C#N)cc4F)n3)cc2F)nc2ccc(C(=O)O)cc21. The van der Waals surface area contributed by atoms with Gasteiger partial charge >= 0.3 is 11.9 Å². The van der Waals surface area contributed by atoms with E-state index in [0.29, 0.717) is 12.1 Å². The van der Waals surface area contributed by atoms with Crippen molar-refractivity contribution in [3.63, 3.8) is 0 Å². The van der Waals surface area contributed by atoms with Crippen LogP contribution < -0.4 is 4.74 Å². The number of nitrogens with zero attached hydrogens (tertiary/aromatic N) is 4. The molecule has 13 heteroatoms. The van der Waals surface area contributed by atoms with Crippen molar-refractivity contribution < 1.29 is 41.3 Å². The molecule has 0 unspecified atom stereocenters. The van der Waals surface area contributed by atoms with Gasteiger partial charge in [-0.3, -0.25) is 0 Å². The third-order valence-electron chi connectivity index (χ3n) is 6.75. The number of aromatic carboxylic acids is 1. The predicted octanol–water partition coefficient (Wildman–Crippen LogP) is 6.45. The van der Waals surface area contributed by atoms with Gasteiger partial charge in [-0.2, -0.15) is 14.0 Å². The molecule has 0 radical (unpaired) electrons. The molecule has 0 amide bonds. The van der Waals surface area contributed by atoms with Gasteiger partial charge in [0.25, 0.3) is 0 Å². The minimum atomic E-state index is -4.15. The molecule has 0 aliphatic carbocycles. The second-order valence-corrected chi connectivity index (χ2v) is 9.54. The lowest BCUT2D eigenvalue weighted by atomic mass is 10.0. The Morgan fingerprint density at radius 3 is 2.50 bits per heavy atom. The molecule has 5 rings (SSSR count). The van der Waals surface area contributed by atoms with E-state index in [2.05, 4.69) is 9.97 Å². The van der Waals surface area contributed by atoms with Crippen molar-refractivity contribution in [3.8, 4) is 23.2 Å². The highest BCUT2D eigenvalue weighted by Crippen LogP contribution is 2.40. The molecular weight excluding hydrogens is 587 g/mol. The normalized spacial score (nSPS) is 11.5. The first kappa shape index (κ1) is 30.1. The topological polar surface area (TPSA) is 110 Å². The molecule has 0 saturated heterocycles. The molecule has 44 heavy (non-hydrogen) atoms. The van der Waals surface area contributed by atoms with E-state index in [0.717, 1.165) is 16.7 Å². The lowest BCUT2D eigenvalue weighted by Crippen LogP contribution is -2.24. The van der Waals surface area contributed by atoms with Crippen LogP contribution in [0.25, 0.3) is 22.3 Å². The van der Waals surface area contributed by atoms with Crippen molar-refractivity contribution >= 4 is 17.0 Å². The summed E-state index contributed by atoms with van der Waals surface area (Å²) >= 11 is 0. The van der Waals surface area contributed by atoms with Crippen LogP contribution in [0.4, 0.5) is 22.0 Å². The summed E-state index contributed by atoms with van der Waals surface area (Å²) in [6.07, 6.45) is 0. The molecule has 224 valence electrons. The van der Waals surface area contributed by atoms with Gasteiger partial charge in [0.15, 0.2) is 5.82 Å². The van der Waals surface area contributed by atoms with E-state index in [9.17, 15) is 14.3 Å². The first-order valence-corrected chi connectivity index (χ1v) is 12.9. The molecule has 0 aliphatic heterocycles. The summed E-state index contributed by atoms with van der Waals surface area (Å²) in [5.74, 6) is -9.78. The van der Waals surface area contributed by atoms with Crippen LogP contribution in [0.2, 0.25) is 0 Å². The number of alkyl halides is 2. The number of pyridine rings is 1. The minimum Gasteiger partial charge on any atom is -0.478 e. The smallest absolute Gasteiger partial charge is 0.335 e. The minimum absolute atomic E-state index is 0.0279. The Bertz CT molecular complexity index is 1940. The molecule has 8 nitrogen and oxygen atoms in total. The number of methoxy groups -OCH3 is 1. The number of rotatable bonds is 10. The Morgan fingerprint density at radius 2 is 1.80 bits per heavy atom. The maximum atomic E-state index is 15.9. The van der Waals surface area contributed by atoms with Crippen molar-refractivity contribution in [2.24, 2.45) is 0 Å². The van der Waals surface area contributed by atoms with Gasteiger partial charge in [0.05, 0.1) is 46.1 Å². The summed E-state index contributed by atoms with van der Waals surface area (Å²) in [4.78, 5) is 19.5. The van der Waals surface area contributed by atoms with Gasteiger partial charge in [0.1, 0.15) is 24.1 Å². The average molecular weight is 609 g/mol. The highest BCUT2D eigenvalue weighted by Gasteiger charge is 2.43. The molecule has 0 aliphatic rings. The van der Waals surface area contributed by atoms with Crippen molar-refractivity contribution in [2.45, 2.75) is 19.1 Å². The zero-order valence-electron chi connectivity index (χ0n) is 22.8. The number of benzene rings is 3. The zero-order chi connectivity index (χ0) is 31.6. The maximum absolute atomic E-state index is 15.9. The Morgan fingerprint density at radius 1 is 1.00 bits per heavy atom. The third kappa shape index (κ3) is 5.80. The van der Waals surface area contributed by atoms with Crippen LogP contribution in [0.1, 0.15) is 32.9 Å². The van der Waals surface area contributed by atoms with Crippen LogP contribution in [-0.4, -0.2) is 39.3 Å². The van der Waals surface area contributed by atoms with Gasteiger partial charge in [0.2, 0.25) is 5.88 Å². The van der Waals surface area contributed by atoms with Crippen LogP contribution in [0.5, 0.6) is 5.88 Å². The fourth-order valence-corrected chi connectivity index (χ4v) is 4.54. The zero-order valence-corrected chi connectivity index (χ0v) is 22.8. The predicted molar refractivity (Wildman–Crippen MR) is 147 cm³/mol. The first-order chi connectivity index (χ1) is 21.0. The largest absolute Gasteiger partial charge is 0.478 e. The number of carboxylic acids is 1. The van der Waals surface area contributed by atoms with Crippen LogP contribution in [-0.2, 0) is 23.8 Å². The second-order valence-electron chi connectivity index (χ2n) is 9.54. The van der Waals surface area contributed by atoms with Crippen LogP contribution in [0.3, 0.4) is 0 Å². The van der Waals surface area contributed by atoms with E-state index in [1.807, 2.05) is 6.07 Å². The number of carboxylic acid groups (broad SMARTS) is 1. The lowest BCUT2D eigenvalue weighted by Gasteiger charge is -2.20. The molecule has 0 spiro atoms. The van der Waals surface area contributed by atoms with Gasteiger partial charge in [-0.05, 0) is 48.5 Å². The van der Waals surface area contributed by atoms with E-state index >= 15 is 17.6 Å². The van der Waals surface area contributed by atoms with Crippen molar-refractivity contribution in [1.29, 1.82) is 5.26 Å². The van der Waals surface area contributed by atoms with E-state index in [1.165, 1.54) is 49.6 Å². The quantitative estimate of drug-likeness (QED) is 0.182. The molecular formula is C31H21F5N4O4. The maximum Gasteiger partial charge on any atom is 0.335 e.